The van der Waals surface area contributed by atoms with Gasteiger partial charge in [0.2, 0.25) is 0 Å². The van der Waals surface area contributed by atoms with E-state index in [0.29, 0.717) is 31.1 Å². The van der Waals surface area contributed by atoms with Crippen LogP contribution < -0.4 is 4.74 Å². The lowest BCUT2D eigenvalue weighted by Crippen LogP contribution is -2.34. The molecule has 1 heterocycles. The number of hydrogen-bond acceptors (Lipinski definition) is 4. The number of alkyl halides is 2. The van der Waals surface area contributed by atoms with Crippen molar-refractivity contribution in [3.05, 3.63) is 101 Å². The van der Waals surface area contributed by atoms with Gasteiger partial charge in [-0.2, -0.15) is 14.0 Å². The summed E-state index contributed by atoms with van der Waals surface area (Å²) in [6, 6.07) is 9.07. The smallest absolute Gasteiger partial charge is 0.429 e. The van der Waals surface area contributed by atoms with Crippen molar-refractivity contribution in [3.63, 3.8) is 0 Å². The molecule has 0 aromatic heterocycles. The minimum absolute atomic E-state index is 0.0523. The predicted octanol–water partition coefficient (Wildman–Crippen LogP) is 9.73. The maximum absolute atomic E-state index is 15.0. The predicted molar refractivity (Wildman–Crippen MR) is 155 cm³/mol. The summed E-state index contributed by atoms with van der Waals surface area (Å²) in [5.41, 5.74) is -2.08. The highest BCUT2D eigenvalue weighted by atomic mass is 19.3. The Labute approximate surface area is 258 Å². The Morgan fingerprint density at radius 2 is 1.56 bits per heavy atom. The standard InChI is InChI=1S/C35H33F6NO3/c1-2-3-4-5-21-6-8-22(9-7-21)26-19-43-34(44-20-26)25-15-31(38)33(32(39)16-25)35(40,41)45-27-12-13-28(30(37)17-27)23-10-11-24(18-42)29(36)14-23/h2-3,10-17,21-22,26,34H,4-9,19-20H2,1H3. The van der Waals surface area contributed by atoms with Gasteiger partial charge < -0.3 is 14.2 Å². The van der Waals surface area contributed by atoms with E-state index in [-0.39, 0.29) is 28.2 Å². The van der Waals surface area contributed by atoms with Crippen LogP contribution in [0.1, 0.15) is 68.4 Å². The van der Waals surface area contributed by atoms with E-state index in [1.165, 1.54) is 12.5 Å². The number of nitrogens with zero attached hydrogens (tertiary/aromatic N) is 1. The molecule has 0 spiro atoms. The first-order valence-corrected chi connectivity index (χ1v) is 15.0. The second kappa shape index (κ2) is 14.1. The zero-order valence-corrected chi connectivity index (χ0v) is 24.7. The summed E-state index contributed by atoms with van der Waals surface area (Å²) in [7, 11) is 0. The molecule has 3 aromatic carbocycles. The molecule has 10 heteroatoms. The van der Waals surface area contributed by atoms with Gasteiger partial charge in [-0.05, 0) is 86.4 Å². The number of benzene rings is 3. The third kappa shape index (κ3) is 7.54. The van der Waals surface area contributed by atoms with Gasteiger partial charge in [0.25, 0.3) is 0 Å². The van der Waals surface area contributed by atoms with Crippen molar-refractivity contribution in [2.24, 2.45) is 17.8 Å². The molecule has 238 valence electrons. The summed E-state index contributed by atoms with van der Waals surface area (Å²) in [4.78, 5) is 0. The molecule has 1 saturated carbocycles. The summed E-state index contributed by atoms with van der Waals surface area (Å²) in [6.07, 6.45) is 5.32. The van der Waals surface area contributed by atoms with E-state index in [1.54, 1.807) is 6.07 Å². The van der Waals surface area contributed by atoms with Gasteiger partial charge in [-0.3, -0.25) is 0 Å². The molecule has 5 rings (SSSR count). The number of allylic oxidation sites excluding steroid dienone is 2. The van der Waals surface area contributed by atoms with Crippen LogP contribution in [-0.2, 0) is 15.6 Å². The average Bonchev–Trinajstić information content (AvgIpc) is 3.01. The number of ether oxygens (including phenoxy) is 3. The van der Waals surface area contributed by atoms with E-state index in [4.69, 9.17) is 14.7 Å². The van der Waals surface area contributed by atoms with E-state index in [0.717, 1.165) is 68.5 Å². The van der Waals surface area contributed by atoms with Gasteiger partial charge in [-0.25, -0.2) is 17.6 Å². The lowest BCUT2D eigenvalue weighted by Gasteiger charge is -2.38. The van der Waals surface area contributed by atoms with E-state index < -0.39 is 47.0 Å². The molecule has 0 amide bonds. The van der Waals surface area contributed by atoms with Crippen LogP contribution in [0, 0.1) is 52.4 Å². The van der Waals surface area contributed by atoms with Gasteiger partial charge in [0.05, 0.1) is 18.8 Å². The highest BCUT2D eigenvalue weighted by Gasteiger charge is 2.42. The second-order valence-corrected chi connectivity index (χ2v) is 11.6. The molecule has 1 aliphatic carbocycles. The van der Waals surface area contributed by atoms with E-state index in [2.05, 4.69) is 16.9 Å². The van der Waals surface area contributed by atoms with Crippen LogP contribution in [0.15, 0.2) is 60.7 Å². The fraction of sp³-hybridized carbons (Fsp3) is 0.400. The molecule has 0 N–H and O–H groups in total. The SMILES string of the molecule is CC=CCCC1CCC(C2COC(c3cc(F)c(C(F)(F)Oc4ccc(-c5ccc(C#N)c(F)c5)c(F)c4)c(F)c3)OC2)CC1. The molecule has 1 aliphatic heterocycles. The van der Waals surface area contributed by atoms with Gasteiger partial charge in [-0.1, -0.05) is 31.1 Å². The number of halogens is 6. The number of nitriles is 1. The zero-order chi connectivity index (χ0) is 32.1. The van der Waals surface area contributed by atoms with Crippen LogP contribution in [-0.4, -0.2) is 13.2 Å². The minimum Gasteiger partial charge on any atom is -0.429 e. The van der Waals surface area contributed by atoms with Crippen LogP contribution in [0.3, 0.4) is 0 Å². The van der Waals surface area contributed by atoms with Gasteiger partial charge in [0, 0.05) is 23.1 Å². The second-order valence-electron chi connectivity index (χ2n) is 11.6. The van der Waals surface area contributed by atoms with E-state index in [9.17, 15) is 17.6 Å². The molecule has 0 radical (unpaired) electrons. The molecule has 1 saturated heterocycles. The molecule has 2 fully saturated rings. The summed E-state index contributed by atoms with van der Waals surface area (Å²) in [5, 5.41) is 8.86. The van der Waals surface area contributed by atoms with Gasteiger partial charge in [0.15, 0.2) is 6.29 Å². The first-order valence-electron chi connectivity index (χ1n) is 15.0. The normalized spacial score (nSPS) is 22.4. The summed E-state index contributed by atoms with van der Waals surface area (Å²) >= 11 is 0. The Balaban J connectivity index is 1.21. The minimum atomic E-state index is -4.51. The van der Waals surface area contributed by atoms with Crippen molar-refractivity contribution in [2.75, 3.05) is 13.2 Å². The maximum Gasteiger partial charge on any atom is 0.432 e. The van der Waals surface area contributed by atoms with Crippen LogP contribution in [0.25, 0.3) is 11.1 Å². The largest absolute Gasteiger partial charge is 0.432 e. The van der Waals surface area contributed by atoms with Crippen molar-refractivity contribution in [1.29, 1.82) is 5.26 Å². The van der Waals surface area contributed by atoms with Crippen LogP contribution in [0.5, 0.6) is 5.75 Å². The van der Waals surface area contributed by atoms with Crippen molar-refractivity contribution >= 4 is 0 Å². The Bertz CT molecular complexity index is 1550. The third-order valence-corrected chi connectivity index (χ3v) is 8.67. The Kier molecular flexibility index (Phi) is 10.2. The summed E-state index contributed by atoms with van der Waals surface area (Å²) < 4.78 is 105. The first-order chi connectivity index (χ1) is 21.6. The van der Waals surface area contributed by atoms with Gasteiger partial charge >= 0.3 is 6.11 Å². The van der Waals surface area contributed by atoms with Crippen LogP contribution in [0.2, 0.25) is 0 Å². The van der Waals surface area contributed by atoms with Crippen LogP contribution in [0.4, 0.5) is 26.3 Å². The van der Waals surface area contributed by atoms with Crippen molar-refractivity contribution < 1.29 is 40.6 Å². The maximum atomic E-state index is 15.0. The molecule has 0 unspecified atom stereocenters. The average molecular weight is 630 g/mol. The number of hydrogen-bond donors (Lipinski definition) is 0. The fourth-order valence-corrected chi connectivity index (χ4v) is 6.20. The van der Waals surface area contributed by atoms with Gasteiger partial charge in [-0.15, -0.1) is 0 Å². The fourth-order valence-electron chi connectivity index (χ4n) is 6.20. The Morgan fingerprint density at radius 3 is 2.16 bits per heavy atom. The molecule has 3 aromatic rings. The lowest BCUT2D eigenvalue weighted by atomic mass is 9.75. The molecule has 45 heavy (non-hydrogen) atoms. The first kappa shape index (κ1) is 32.6. The summed E-state index contributed by atoms with van der Waals surface area (Å²) in [6.45, 7) is 2.69. The van der Waals surface area contributed by atoms with Gasteiger partial charge in [0.1, 0.15) is 40.7 Å². The number of rotatable bonds is 9. The quantitative estimate of drug-likeness (QED) is 0.175. The van der Waals surface area contributed by atoms with Crippen molar-refractivity contribution in [1.82, 2.24) is 0 Å². The summed E-state index contributed by atoms with van der Waals surface area (Å²) in [5.74, 6) is -4.52. The third-order valence-electron chi connectivity index (χ3n) is 8.67. The molecule has 2 aliphatic rings. The molecular formula is C35H33F6NO3. The highest BCUT2D eigenvalue weighted by molar-refractivity contribution is 5.66. The molecular weight excluding hydrogens is 596 g/mol. The Morgan fingerprint density at radius 1 is 0.867 bits per heavy atom. The molecule has 0 bridgehead atoms. The van der Waals surface area contributed by atoms with E-state index in [1.807, 2.05) is 6.92 Å². The Hall–Kier alpha value is -3.81. The van der Waals surface area contributed by atoms with E-state index >= 15 is 8.78 Å². The lowest BCUT2D eigenvalue weighted by molar-refractivity contribution is -0.215. The zero-order valence-electron chi connectivity index (χ0n) is 24.7. The molecule has 0 atom stereocenters. The van der Waals surface area contributed by atoms with Crippen molar-refractivity contribution in [3.8, 4) is 22.9 Å². The van der Waals surface area contributed by atoms with Crippen LogP contribution >= 0.6 is 0 Å². The van der Waals surface area contributed by atoms with Crippen molar-refractivity contribution in [2.45, 2.75) is 57.8 Å². The highest BCUT2D eigenvalue weighted by Crippen LogP contribution is 2.41. The topological polar surface area (TPSA) is 51.5 Å². The molecule has 4 nitrogen and oxygen atoms in total. The monoisotopic (exact) mass is 629 g/mol.